The van der Waals surface area contributed by atoms with E-state index in [2.05, 4.69) is 10.3 Å². The summed E-state index contributed by atoms with van der Waals surface area (Å²) in [5.41, 5.74) is 2.47. The molecule has 1 aliphatic rings. The SMILES string of the molecule is COc1ccc(NC(=O)Cc2cccc3cccnc23)cc1OC1CCCC1. The zero-order valence-corrected chi connectivity index (χ0v) is 16.0. The molecule has 0 spiro atoms. The van der Waals surface area contributed by atoms with Crippen LogP contribution in [-0.4, -0.2) is 24.1 Å². The Labute approximate surface area is 164 Å². The van der Waals surface area contributed by atoms with Crippen molar-refractivity contribution < 1.29 is 14.3 Å². The number of amides is 1. The summed E-state index contributed by atoms with van der Waals surface area (Å²) in [4.78, 5) is 17.0. The number of anilines is 1. The molecular weight excluding hydrogens is 352 g/mol. The third-order valence-corrected chi connectivity index (χ3v) is 5.11. The van der Waals surface area contributed by atoms with E-state index in [-0.39, 0.29) is 18.4 Å². The third kappa shape index (κ3) is 4.09. The Hall–Kier alpha value is -3.08. The summed E-state index contributed by atoms with van der Waals surface area (Å²) < 4.78 is 11.5. The predicted octanol–water partition coefficient (Wildman–Crippen LogP) is 4.75. The number of carbonyl (C=O) groups is 1. The maximum absolute atomic E-state index is 12.6. The van der Waals surface area contributed by atoms with Gasteiger partial charge in [-0.2, -0.15) is 0 Å². The minimum atomic E-state index is -0.0878. The average Bonchev–Trinajstić information content (AvgIpc) is 3.22. The fraction of sp³-hybridized carbons (Fsp3) is 0.304. The minimum absolute atomic E-state index is 0.0878. The Morgan fingerprint density at radius 2 is 1.93 bits per heavy atom. The number of benzene rings is 2. The number of aromatic nitrogens is 1. The van der Waals surface area contributed by atoms with Crippen LogP contribution in [0.4, 0.5) is 5.69 Å². The van der Waals surface area contributed by atoms with Gasteiger partial charge in [-0.15, -0.1) is 0 Å². The van der Waals surface area contributed by atoms with Crippen molar-refractivity contribution in [2.45, 2.75) is 38.2 Å². The summed E-state index contributed by atoms with van der Waals surface area (Å²) in [6, 6.07) is 15.3. The molecule has 144 valence electrons. The van der Waals surface area contributed by atoms with Crippen LogP contribution < -0.4 is 14.8 Å². The number of rotatable bonds is 6. The first kappa shape index (κ1) is 18.3. The van der Waals surface area contributed by atoms with Crippen LogP contribution in [0.3, 0.4) is 0 Å². The highest BCUT2D eigenvalue weighted by atomic mass is 16.5. The van der Waals surface area contributed by atoms with E-state index < -0.39 is 0 Å². The van der Waals surface area contributed by atoms with Crippen molar-refractivity contribution in [3.05, 3.63) is 60.3 Å². The van der Waals surface area contributed by atoms with Gasteiger partial charge in [-0.1, -0.05) is 24.3 Å². The van der Waals surface area contributed by atoms with Crippen LogP contribution in [0.5, 0.6) is 11.5 Å². The molecule has 4 rings (SSSR count). The highest BCUT2D eigenvalue weighted by Gasteiger charge is 2.19. The van der Waals surface area contributed by atoms with Crippen LogP contribution in [0.25, 0.3) is 10.9 Å². The number of fused-ring (bicyclic) bond motifs is 1. The van der Waals surface area contributed by atoms with Crippen LogP contribution in [0.15, 0.2) is 54.7 Å². The van der Waals surface area contributed by atoms with Crippen LogP contribution in [-0.2, 0) is 11.2 Å². The highest BCUT2D eigenvalue weighted by molar-refractivity contribution is 5.95. The maximum Gasteiger partial charge on any atom is 0.228 e. The molecule has 0 atom stereocenters. The molecule has 1 heterocycles. The van der Waals surface area contributed by atoms with Crippen molar-refractivity contribution in [2.24, 2.45) is 0 Å². The van der Waals surface area contributed by atoms with Gasteiger partial charge in [-0.25, -0.2) is 0 Å². The molecule has 0 saturated heterocycles. The maximum atomic E-state index is 12.6. The van der Waals surface area contributed by atoms with E-state index in [4.69, 9.17) is 9.47 Å². The van der Waals surface area contributed by atoms with Crippen molar-refractivity contribution in [3.63, 3.8) is 0 Å². The summed E-state index contributed by atoms with van der Waals surface area (Å²) >= 11 is 0. The second-order valence-electron chi connectivity index (χ2n) is 7.11. The lowest BCUT2D eigenvalue weighted by atomic mass is 10.1. The number of methoxy groups -OCH3 is 1. The van der Waals surface area contributed by atoms with Gasteiger partial charge in [0, 0.05) is 23.3 Å². The largest absolute Gasteiger partial charge is 0.493 e. The topological polar surface area (TPSA) is 60.5 Å². The molecule has 0 aliphatic heterocycles. The van der Waals surface area contributed by atoms with Crippen LogP contribution >= 0.6 is 0 Å². The zero-order valence-electron chi connectivity index (χ0n) is 16.0. The molecule has 2 aromatic carbocycles. The van der Waals surface area contributed by atoms with Crippen LogP contribution in [0.2, 0.25) is 0 Å². The van der Waals surface area contributed by atoms with E-state index in [0.29, 0.717) is 17.2 Å². The predicted molar refractivity (Wildman–Crippen MR) is 110 cm³/mol. The Balaban J connectivity index is 1.49. The number of nitrogens with zero attached hydrogens (tertiary/aromatic N) is 1. The molecule has 1 fully saturated rings. The third-order valence-electron chi connectivity index (χ3n) is 5.11. The van der Waals surface area contributed by atoms with Crippen molar-refractivity contribution in [1.82, 2.24) is 4.98 Å². The van der Waals surface area contributed by atoms with E-state index in [1.165, 1.54) is 12.8 Å². The number of nitrogens with one attached hydrogen (secondary N) is 1. The summed E-state index contributed by atoms with van der Waals surface area (Å²) in [6.07, 6.45) is 6.76. The van der Waals surface area contributed by atoms with E-state index in [9.17, 15) is 4.79 Å². The molecule has 1 N–H and O–H groups in total. The lowest BCUT2D eigenvalue weighted by Crippen LogP contribution is -2.15. The fourth-order valence-electron chi connectivity index (χ4n) is 3.72. The number of para-hydroxylation sites is 1. The Bertz CT molecular complexity index is 975. The molecule has 0 bridgehead atoms. The lowest BCUT2D eigenvalue weighted by Gasteiger charge is -2.17. The van der Waals surface area contributed by atoms with Gasteiger partial charge in [0.1, 0.15) is 0 Å². The first-order valence-electron chi connectivity index (χ1n) is 9.70. The molecule has 3 aromatic rings. The van der Waals surface area contributed by atoms with Gasteiger partial charge in [0.15, 0.2) is 11.5 Å². The van der Waals surface area contributed by atoms with Gasteiger partial charge < -0.3 is 14.8 Å². The number of hydrogen-bond acceptors (Lipinski definition) is 4. The molecule has 1 aromatic heterocycles. The molecule has 28 heavy (non-hydrogen) atoms. The second kappa shape index (κ2) is 8.30. The Morgan fingerprint density at radius 1 is 1.11 bits per heavy atom. The van der Waals surface area contributed by atoms with Gasteiger partial charge in [0.05, 0.1) is 25.2 Å². The summed E-state index contributed by atoms with van der Waals surface area (Å²) in [5.74, 6) is 1.28. The smallest absolute Gasteiger partial charge is 0.228 e. The standard InChI is InChI=1S/C23H24N2O3/c1-27-20-12-11-18(15-21(20)28-19-9-2-3-10-19)25-22(26)14-17-7-4-6-16-8-5-13-24-23(16)17/h4-8,11-13,15,19H,2-3,9-10,14H2,1H3,(H,25,26). The molecule has 0 radical (unpaired) electrons. The van der Waals surface area contributed by atoms with Crippen molar-refractivity contribution in [1.29, 1.82) is 0 Å². The molecule has 0 unspecified atom stereocenters. The van der Waals surface area contributed by atoms with E-state index in [1.54, 1.807) is 13.3 Å². The quantitative estimate of drug-likeness (QED) is 0.675. The van der Waals surface area contributed by atoms with Gasteiger partial charge in [-0.05, 0) is 49.4 Å². The highest BCUT2D eigenvalue weighted by Crippen LogP contribution is 2.34. The Kier molecular flexibility index (Phi) is 5.42. The molecular formula is C23H24N2O3. The number of ether oxygens (including phenoxy) is 2. The van der Waals surface area contributed by atoms with Gasteiger partial charge in [-0.3, -0.25) is 9.78 Å². The molecule has 1 saturated carbocycles. The first-order chi connectivity index (χ1) is 13.7. The molecule has 5 heteroatoms. The summed E-state index contributed by atoms with van der Waals surface area (Å²) in [6.45, 7) is 0. The monoisotopic (exact) mass is 376 g/mol. The van der Waals surface area contributed by atoms with Gasteiger partial charge in [0.2, 0.25) is 5.91 Å². The lowest BCUT2D eigenvalue weighted by molar-refractivity contribution is -0.115. The fourth-order valence-corrected chi connectivity index (χ4v) is 3.72. The van der Waals surface area contributed by atoms with Gasteiger partial charge in [0.25, 0.3) is 0 Å². The van der Waals surface area contributed by atoms with Crippen LogP contribution in [0.1, 0.15) is 31.2 Å². The molecule has 5 nitrogen and oxygen atoms in total. The second-order valence-corrected chi connectivity index (χ2v) is 7.11. The molecule has 1 aliphatic carbocycles. The first-order valence-corrected chi connectivity index (χ1v) is 9.70. The number of carbonyl (C=O) groups excluding carboxylic acids is 1. The van der Waals surface area contributed by atoms with E-state index >= 15 is 0 Å². The summed E-state index contributed by atoms with van der Waals surface area (Å²) in [7, 11) is 1.63. The molecule has 1 amide bonds. The van der Waals surface area contributed by atoms with Crippen molar-refractivity contribution in [2.75, 3.05) is 12.4 Å². The van der Waals surface area contributed by atoms with Crippen molar-refractivity contribution >= 4 is 22.5 Å². The minimum Gasteiger partial charge on any atom is -0.493 e. The average molecular weight is 376 g/mol. The zero-order chi connectivity index (χ0) is 19.3. The van der Waals surface area contributed by atoms with Gasteiger partial charge >= 0.3 is 0 Å². The Morgan fingerprint density at radius 3 is 2.75 bits per heavy atom. The van der Waals surface area contributed by atoms with E-state index in [0.717, 1.165) is 29.3 Å². The van der Waals surface area contributed by atoms with Crippen molar-refractivity contribution in [3.8, 4) is 11.5 Å². The number of hydrogen-bond donors (Lipinski definition) is 1. The van der Waals surface area contributed by atoms with E-state index in [1.807, 2.05) is 48.5 Å². The normalized spacial score (nSPS) is 14.2. The summed E-state index contributed by atoms with van der Waals surface area (Å²) in [5, 5.41) is 4.00. The van der Waals surface area contributed by atoms with Crippen LogP contribution in [0, 0.1) is 0 Å². The number of pyridine rings is 1.